The van der Waals surface area contributed by atoms with E-state index < -0.39 is 11.7 Å². The summed E-state index contributed by atoms with van der Waals surface area (Å²) in [7, 11) is 0. The molecule has 122 valence electrons. The number of nitrogens with one attached hydrogen (secondary N) is 1. The Balaban J connectivity index is 1.93. The SMILES string of the molecule is CCC(C)NC(N)=NC1CC(c2cccc(C(F)(F)F)c2)C1. The standard InChI is InChI=1S/C16H22F3N3/c1-3-10(2)21-15(20)22-14-8-12(9-14)11-5-4-6-13(7-11)16(17,18)19/h4-7,10,12,14H,3,8-9H2,1-2H3,(H3,20,21,22). The number of nitrogens with zero attached hydrogens (tertiary/aromatic N) is 1. The van der Waals surface area contributed by atoms with E-state index in [2.05, 4.69) is 17.2 Å². The molecule has 0 aromatic heterocycles. The van der Waals surface area contributed by atoms with E-state index in [1.807, 2.05) is 6.92 Å². The Labute approximate surface area is 128 Å². The summed E-state index contributed by atoms with van der Waals surface area (Å²) >= 11 is 0. The van der Waals surface area contributed by atoms with Crippen LogP contribution in [0.1, 0.15) is 50.2 Å². The largest absolute Gasteiger partial charge is 0.416 e. The predicted molar refractivity (Wildman–Crippen MR) is 81.7 cm³/mol. The van der Waals surface area contributed by atoms with Crippen molar-refractivity contribution < 1.29 is 13.2 Å². The van der Waals surface area contributed by atoms with Crippen LogP contribution in [0.4, 0.5) is 13.2 Å². The van der Waals surface area contributed by atoms with Crippen LogP contribution in [0.15, 0.2) is 29.3 Å². The first-order chi connectivity index (χ1) is 10.3. The third kappa shape index (κ3) is 4.15. The number of hydrogen-bond donors (Lipinski definition) is 2. The topological polar surface area (TPSA) is 50.4 Å². The van der Waals surface area contributed by atoms with Crippen LogP contribution in [0.5, 0.6) is 0 Å². The molecule has 6 heteroatoms. The second kappa shape index (κ2) is 6.58. The Morgan fingerprint density at radius 3 is 2.68 bits per heavy atom. The summed E-state index contributed by atoms with van der Waals surface area (Å²) in [5.41, 5.74) is 5.96. The number of nitrogens with two attached hydrogens (primary N) is 1. The zero-order valence-electron chi connectivity index (χ0n) is 12.8. The minimum absolute atomic E-state index is 0.0936. The van der Waals surface area contributed by atoms with Crippen molar-refractivity contribution in [2.75, 3.05) is 0 Å². The Morgan fingerprint density at radius 1 is 1.41 bits per heavy atom. The molecule has 0 amide bonds. The van der Waals surface area contributed by atoms with Gasteiger partial charge in [-0.15, -0.1) is 0 Å². The number of benzene rings is 1. The maximum atomic E-state index is 12.7. The molecule has 1 aromatic carbocycles. The highest BCUT2D eigenvalue weighted by Gasteiger charge is 2.34. The second-order valence-electron chi connectivity index (χ2n) is 5.91. The molecule has 3 N–H and O–H groups in total. The Hall–Kier alpha value is -1.72. The lowest BCUT2D eigenvalue weighted by Crippen LogP contribution is -2.40. The summed E-state index contributed by atoms with van der Waals surface area (Å²) in [6, 6.07) is 5.92. The smallest absolute Gasteiger partial charge is 0.370 e. The van der Waals surface area contributed by atoms with Crippen LogP contribution in [0.3, 0.4) is 0 Å². The molecule has 0 saturated heterocycles. The molecule has 0 aliphatic heterocycles. The molecule has 1 aliphatic rings. The van der Waals surface area contributed by atoms with E-state index >= 15 is 0 Å². The number of halogens is 3. The average molecular weight is 313 g/mol. The maximum Gasteiger partial charge on any atom is 0.416 e. The van der Waals surface area contributed by atoms with Crippen molar-refractivity contribution in [1.82, 2.24) is 5.32 Å². The van der Waals surface area contributed by atoms with Crippen LogP contribution in [0.2, 0.25) is 0 Å². The van der Waals surface area contributed by atoms with Crippen molar-refractivity contribution in [2.45, 2.75) is 57.3 Å². The van der Waals surface area contributed by atoms with Crippen LogP contribution in [-0.4, -0.2) is 18.0 Å². The Bertz CT molecular complexity index is 534. The average Bonchev–Trinajstić information content (AvgIpc) is 2.41. The fourth-order valence-corrected chi connectivity index (χ4v) is 2.52. The quantitative estimate of drug-likeness (QED) is 0.658. The van der Waals surface area contributed by atoms with E-state index in [0.717, 1.165) is 30.9 Å². The molecule has 3 nitrogen and oxygen atoms in total. The Morgan fingerprint density at radius 2 is 2.09 bits per heavy atom. The molecule has 0 spiro atoms. The molecule has 0 heterocycles. The third-order valence-corrected chi connectivity index (χ3v) is 4.13. The highest BCUT2D eigenvalue weighted by Crippen LogP contribution is 2.40. The first-order valence-corrected chi connectivity index (χ1v) is 7.56. The van der Waals surface area contributed by atoms with Gasteiger partial charge in [-0.3, -0.25) is 4.99 Å². The van der Waals surface area contributed by atoms with Gasteiger partial charge in [-0.05, 0) is 43.7 Å². The van der Waals surface area contributed by atoms with Crippen LogP contribution in [0, 0.1) is 0 Å². The van der Waals surface area contributed by atoms with Gasteiger partial charge in [0.2, 0.25) is 0 Å². The van der Waals surface area contributed by atoms with Gasteiger partial charge in [-0.25, -0.2) is 0 Å². The van der Waals surface area contributed by atoms with E-state index in [9.17, 15) is 13.2 Å². The number of rotatable bonds is 4. The van der Waals surface area contributed by atoms with Gasteiger partial charge < -0.3 is 11.1 Å². The highest BCUT2D eigenvalue weighted by molar-refractivity contribution is 5.78. The van der Waals surface area contributed by atoms with Crippen LogP contribution < -0.4 is 11.1 Å². The third-order valence-electron chi connectivity index (χ3n) is 4.13. The van der Waals surface area contributed by atoms with Crippen molar-refractivity contribution in [3.05, 3.63) is 35.4 Å². The molecular weight excluding hydrogens is 291 g/mol. The van der Waals surface area contributed by atoms with Gasteiger partial charge in [0.15, 0.2) is 5.96 Å². The molecule has 2 rings (SSSR count). The molecule has 0 bridgehead atoms. The molecule has 0 radical (unpaired) electrons. The summed E-state index contributed by atoms with van der Waals surface area (Å²) in [5, 5.41) is 3.09. The zero-order chi connectivity index (χ0) is 16.3. The lowest BCUT2D eigenvalue weighted by molar-refractivity contribution is -0.137. The van der Waals surface area contributed by atoms with Crippen LogP contribution in [0.25, 0.3) is 0 Å². The number of hydrogen-bond acceptors (Lipinski definition) is 1. The van der Waals surface area contributed by atoms with Gasteiger partial charge in [0, 0.05) is 6.04 Å². The molecule has 1 saturated carbocycles. The summed E-state index contributed by atoms with van der Waals surface area (Å²) in [6.07, 6.45) is -1.86. The van der Waals surface area contributed by atoms with Gasteiger partial charge in [-0.2, -0.15) is 13.2 Å². The zero-order valence-corrected chi connectivity index (χ0v) is 12.8. The van der Waals surface area contributed by atoms with E-state index in [1.54, 1.807) is 6.07 Å². The number of alkyl halides is 3. The monoisotopic (exact) mass is 313 g/mol. The molecule has 1 aromatic rings. The van der Waals surface area contributed by atoms with E-state index in [1.165, 1.54) is 12.1 Å². The Kier molecular flexibility index (Phi) is 4.98. The lowest BCUT2D eigenvalue weighted by atomic mass is 9.76. The summed E-state index contributed by atoms with van der Waals surface area (Å²) < 4.78 is 38.1. The molecular formula is C16H22F3N3. The summed E-state index contributed by atoms with van der Waals surface area (Å²) in [6.45, 7) is 4.08. The number of aliphatic imine (C=N–C) groups is 1. The van der Waals surface area contributed by atoms with Crippen LogP contribution in [-0.2, 0) is 6.18 Å². The minimum Gasteiger partial charge on any atom is -0.370 e. The van der Waals surface area contributed by atoms with Gasteiger partial charge in [-0.1, -0.05) is 25.1 Å². The first-order valence-electron chi connectivity index (χ1n) is 7.56. The van der Waals surface area contributed by atoms with Crippen molar-refractivity contribution in [3.8, 4) is 0 Å². The maximum absolute atomic E-state index is 12.7. The van der Waals surface area contributed by atoms with Gasteiger partial charge in [0.1, 0.15) is 0 Å². The molecule has 22 heavy (non-hydrogen) atoms. The van der Waals surface area contributed by atoms with Crippen molar-refractivity contribution in [2.24, 2.45) is 10.7 Å². The van der Waals surface area contributed by atoms with Crippen molar-refractivity contribution in [3.63, 3.8) is 0 Å². The van der Waals surface area contributed by atoms with Crippen molar-refractivity contribution in [1.29, 1.82) is 0 Å². The summed E-state index contributed by atoms with van der Waals surface area (Å²) in [5.74, 6) is 0.550. The van der Waals surface area contributed by atoms with Gasteiger partial charge in [0.05, 0.1) is 11.6 Å². The van der Waals surface area contributed by atoms with Crippen LogP contribution >= 0.6 is 0 Å². The lowest BCUT2D eigenvalue weighted by Gasteiger charge is -2.33. The first kappa shape index (κ1) is 16.6. The van der Waals surface area contributed by atoms with E-state index in [0.29, 0.717) is 5.96 Å². The molecule has 1 atom stereocenters. The molecule has 1 fully saturated rings. The second-order valence-corrected chi connectivity index (χ2v) is 5.91. The number of guanidine groups is 1. The van der Waals surface area contributed by atoms with Gasteiger partial charge in [0.25, 0.3) is 0 Å². The van der Waals surface area contributed by atoms with E-state index in [4.69, 9.17) is 5.73 Å². The fraction of sp³-hybridized carbons (Fsp3) is 0.562. The summed E-state index contributed by atoms with van der Waals surface area (Å²) in [4.78, 5) is 4.38. The normalized spacial score (nSPS) is 23.8. The molecule has 1 aliphatic carbocycles. The van der Waals surface area contributed by atoms with E-state index in [-0.39, 0.29) is 18.0 Å². The van der Waals surface area contributed by atoms with Gasteiger partial charge >= 0.3 is 6.18 Å². The molecule has 1 unspecified atom stereocenters. The minimum atomic E-state index is -4.29. The fourth-order valence-electron chi connectivity index (χ4n) is 2.52. The highest BCUT2D eigenvalue weighted by atomic mass is 19.4. The predicted octanol–water partition coefficient (Wildman–Crippen LogP) is 3.65. The van der Waals surface area contributed by atoms with Crippen molar-refractivity contribution >= 4 is 5.96 Å².